The van der Waals surface area contributed by atoms with Crippen molar-refractivity contribution in [2.45, 2.75) is 25.7 Å². The minimum absolute atomic E-state index is 0.128. The summed E-state index contributed by atoms with van der Waals surface area (Å²) in [4.78, 5) is 22.6. The number of hydrogen-bond acceptors (Lipinski definition) is 2. The topological polar surface area (TPSA) is 46.2 Å². The van der Waals surface area contributed by atoms with Crippen molar-refractivity contribution in [3.8, 4) is 0 Å². The molecule has 1 aliphatic rings. The molecule has 1 heterocycles. The molecular formula is C13H15NO2. The smallest absolute Gasteiger partial charge is 0.226 e. The molecule has 3 heteroatoms. The Morgan fingerprint density at radius 2 is 1.69 bits per heavy atom. The van der Waals surface area contributed by atoms with Gasteiger partial charge < -0.3 is 0 Å². The second-order valence-electron chi connectivity index (χ2n) is 4.34. The van der Waals surface area contributed by atoms with Gasteiger partial charge in [0.15, 0.2) is 0 Å². The van der Waals surface area contributed by atoms with Crippen LogP contribution in [0.2, 0.25) is 0 Å². The Labute approximate surface area is 94.9 Å². The lowest BCUT2D eigenvalue weighted by atomic mass is 9.81. The number of benzene rings is 1. The number of rotatable bonds is 2. The molecule has 1 N–H and O–H groups in total. The van der Waals surface area contributed by atoms with Crippen molar-refractivity contribution in [3.05, 3.63) is 35.9 Å². The van der Waals surface area contributed by atoms with Crippen molar-refractivity contribution >= 4 is 11.8 Å². The lowest BCUT2D eigenvalue weighted by Gasteiger charge is -2.26. The summed E-state index contributed by atoms with van der Waals surface area (Å²) in [5.41, 5.74) is 1.19. The summed E-state index contributed by atoms with van der Waals surface area (Å²) >= 11 is 0. The molecule has 0 radical (unpaired) electrons. The van der Waals surface area contributed by atoms with Crippen LogP contribution in [0.3, 0.4) is 0 Å². The number of nitrogens with one attached hydrogen (secondary N) is 1. The van der Waals surface area contributed by atoms with Crippen molar-refractivity contribution in [2.24, 2.45) is 5.92 Å². The first-order valence-corrected chi connectivity index (χ1v) is 5.54. The molecule has 84 valence electrons. The van der Waals surface area contributed by atoms with Gasteiger partial charge in [0, 0.05) is 12.8 Å². The summed E-state index contributed by atoms with van der Waals surface area (Å²) in [5, 5.41) is 2.34. The predicted molar refractivity (Wildman–Crippen MR) is 60.7 cm³/mol. The molecule has 1 aromatic carbocycles. The van der Waals surface area contributed by atoms with E-state index in [1.807, 2.05) is 30.3 Å². The van der Waals surface area contributed by atoms with Gasteiger partial charge in [0.25, 0.3) is 0 Å². The Morgan fingerprint density at radius 1 is 1.12 bits per heavy atom. The van der Waals surface area contributed by atoms with E-state index in [2.05, 4.69) is 12.2 Å². The van der Waals surface area contributed by atoms with Gasteiger partial charge in [-0.3, -0.25) is 14.9 Å². The van der Waals surface area contributed by atoms with Gasteiger partial charge in [0.1, 0.15) is 0 Å². The molecule has 0 saturated carbocycles. The molecule has 1 saturated heterocycles. The molecule has 1 aromatic rings. The van der Waals surface area contributed by atoms with Crippen LogP contribution >= 0.6 is 0 Å². The largest absolute Gasteiger partial charge is 0.296 e. The van der Waals surface area contributed by atoms with E-state index < -0.39 is 0 Å². The second kappa shape index (κ2) is 4.47. The molecule has 1 unspecified atom stereocenters. The van der Waals surface area contributed by atoms with Crippen molar-refractivity contribution in [1.29, 1.82) is 0 Å². The first-order valence-electron chi connectivity index (χ1n) is 5.54. The Balaban J connectivity index is 2.13. The van der Waals surface area contributed by atoms with Crippen molar-refractivity contribution < 1.29 is 9.59 Å². The van der Waals surface area contributed by atoms with Crippen LogP contribution in [-0.4, -0.2) is 11.8 Å². The molecule has 0 spiro atoms. The molecule has 2 amide bonds. The quantitative estimate of drug-likeness (QED) is 0.768. The highest BCUT2D eigenvalue weighted by atomic mass is 16.2. The monoisotopic (exact) mass is 217 g/mol. The van der Waals surface area contributed by atoms with E-state index in [9.17, 15) is 9.59 Å². The van der Waals surface area contributed by atoms with E-state index in [4.69, 9.17) is 0 Å². The van der Waals surface area contributed by atoms with E-state index in [1.165, 1.54) is 5.56 Å². The standard InChI is InChI=1S/C13H15NO2/c1-9(10-5-3-2-4-6-10)11-7-12(15)14-13(16)8-11/h2-6,9,11H,7-8H2,1H3,(H,14,15,16). The Kier molecular flexibility index (Phi) is 3.04. The highest BCUT2D eigenvalue weighted by Crippen LogP contribution is 2.30. The third kappa shape index (κ3) is 2.30. The van der Waals surface area contributed by atoms with Crippen LogP contribution < -0.4 is 5.32 Å². The Hall–Kier alpha value is -1.64. The Morgan fingerprint density at radius 3 is 2.25 bits per heavy atom. The summed E-state index contributed by atoms with van der Waals surface area (Å²) in [5.74, 6) is 0.0768. The van der Waals surface area contributed by atoms with Crippen molar-refractivity contribution in [3.63, 3.8) is 0 Å². The van der Waals surface area contributed by atoms with Crippen LogP contribution in [0.5, 0.6) is 0 Å². The average molecular weight is 217 g/mol. The minimum atomic E-state index is -0.149. The number of carbonyl (C=O) groups is 2. The summed E-state index contributed by atoms with van der Waals surface area (Å²) in [6, 6.07) is 10.0. The molecule has 0 bridgehead atoms. The first-order chi connectivity index (χ1) is 7.66. The average Bonchev–Trinajstić information content (AvgIpc) is 2.28. The van der Waals surface area contributed by atoms with Gasteiger partial charge in [0.2, 0.25) is 11.8 Å². The normalized spacial score (nSPS) is 19.3. The van der Waals surface area contributed by atoms with Gasteiger partial charge in [-0.1, -0.05) is 37.3 Å². The number of carbonyl (C=O) groups excluding carboxylic acids is 2. The van der Waals surface area contributed by atoms with Crippen molar-refractivity contribution in [2.75, 3.05) is 0 Å². The van der Waals surface area contributed by atoms with Crippen LogP contribution in [0.25, 0.3) is 0 Å². The van der Waals surface area contributed by atoms with E-state index >= 15 is 0 Å². The lowest BCUT2D eigenvalue weighted by molar-refractivity contribution is -0.135. The van der Waals surface area contributed by atoms with E-state index in [1.54, 1.807) is 0 Å². The zero-order valence-corrected chi connectivity index (χ0v) is 9.27. The molecule has 16 heavy (non-hydrogen) atoms. The summed E-state index contributed by atoms with van der Waals surface area (Å²) in [6.45, 7) is 2.08. The number of amides is 2. The van der Waals surface area contributed by atoms with Gasteiger partial charge >= 0.3 is 0 Å². The summed E-state index contributed by atoms with van der Waals surface area (Å²) < 4.78 is 0. The molecule has 2 rings (SSSR count). The highest BCUT2D eigenvalue weighted by molar-refractivity contribution is 5.97. The lowest BCUT2D eigenvalue weighted by Crippen LogP contribution is -2.39. The maximum Gasteiger partial charge on any atom is 0.226 e. The predicted octanol–water partition coefficient (Wildman–Crippen LogP) is 1.84. The third-order valence-corrected chi connectivity index (χ3v) is 3.21. The Bertz CT molecular complexity index is 384. The van der Waals surface area contributed by atoms with Crippen LogP contribution in [-0.2, 0) is 9.59 Å². The molecule has 1 atom stereocenters. The van der Waals surface area contributed by atoms with Crippen LogP contribution in [0.4, 0.5) is 0 Å². The number of hydrogen-bond donors (Lipinski definition) is 1. The van der Waals surface area contributed by atoms with E-state index in [0.717, 1.165) is 0 Å². The summed E-state index contributed by atoms with van der Waals surface area (Å²) in [7, 11) is 0. The highest BCUT2D eigenvalue weighted by Gasteiger charge is 2.29. The molecule has 0 aliphatic carbocycles. The number of piperidine rings is 1. The maximum atomic E-state index is 11.3. The zero-order chi connectivity index (χ0) is 11.5. The fourth-order valence-corrected chi connectivity index (χ4v) is 2.19. The fourth-order valence-electron chi connectivity index (χ4n) is 2.19. The third-order valence-electron chi connectivity index (χ3n) is 3.21. The first kappa shape index (κ1) is 10.9. The molecular weight excluding hydrogens is 202 g/mol. The van der Waals surface area contributed by atoms with Crippen molar-refractivity contribution in [1.82, 2.24) is 5.32 Å². The number of imide groups is 1. The fraction of sp³-hybridized carbons (Fsp3) is 0.385. The summed E-state index contributed by atoms with van der Waals surface area (Å²) in [6.07, 6.45) is 0.892. The van der Waals surface area contributed by atoms with Gasteiger partial charge in [-0.15, -0.1) is 0 Å². The molecule has 1 fully saturated rings. The van der Waals surface area contributed by atoms with Gasteiger partial charge in [0.05, 0.1) is 0 Å². The molecule has 0 aromatic heterocycles. The zero-order valence-electron chi connectivity index (χ0n) is 9.27. The van der Waals surface area contributed by atoms with E-state index in [0.29, 0.717) is 12.8 Å². The van der Waals surface area contributed by atoms with Crippen LogP contribution in [0, 0.1) is 5.92 Å². The minimum Gasteiger partial charge on any atom is -0.296 e. The van der Waals surface area contributed by atoms with Gasteiger partial charge in [-0.05, 0) is 17.4 Å². The van der Waals surface area contributed by atoms with Gasteiger partial charge in [-0.2, -0.15) is 0 Å². The van der Waals surface area contributed by atoms with Crippen LogP contribution in [0.15, 0.2) is 30.3 Å². The van der Waals surface area contributed by atoms with E-state index in [-0.39, 0.29) is 23.7 Å². The SMILES string of the molecule is CC(c1ccccc1)C1CC(=O)NC(=O)C1. The second-order valence-corrected chi connectivity index (χ2v) is 4.34. The maximum absolute atomic E-state index is 11.3. The van der Waals surface area contributed by atoms with Crippen LogP contribution in [0.1, 0.15) is 31.2 Å². The van der Waals surface area contributed by atoms with Gasteiger partial charge in [-0.25, -0.2) is 0 Å². The molecule has 3 nitrogen and oxygen atoms in total. The molecule has 1 aliphatic heterocycles.